The smallest absolute Gasteiger partial charge is 0.367 e. The number of hydrogen-bond donors (Lipinski definition) is 1. The fraction of sp³-hybridized carbons (Fsp3) is 0.500. The normalized spacial score (nSPS) is 18.7. The molecule has 0 spiro atoms. The first-order chi connectivity index (χ1) is 6.18. The lowest BCUT2D eigenvalue weighted by atomic mass is 10.3. The van der Waals surface area contributed by atoms with Gasteiger partial charge in [-0.05, 0) is 6.92 Å². The Morgan fingerprint density at radius 1 is 1.31 bits per heavy atom. The second-order valence-corrected chi connectivity index (χ2v) is 2.35. The van der Waals surface area contributed by atoms with Crippen LogP contribution in [-0.2, 0) is 4.84 Å². The third kappa shape index (κ3) is 3.41. The van der Waals surface area contributed by atoms with Crippen molar-refractivity contribution in [3.05, 3.63) is 0 Å². The highest BCUT2D eigenvalue weighted by Gasteiger charge is 2.11. The Morgan fingerprint density at radius 3 is 2.08 bits per heavy atom. The first kappa shape index (κ1) is 9.30. The Balaban J connectivity index is 0.000000132. The number of azo groups is 1. The minimum Gasteiger partial charge on any atom is -0.395 e. The van der Waals surface area contributed by atoms with Gasteiger partial charge in [0, 0.05) is 6.42 Å². The number of oxime groups is 1. The molecule has 1 N–H and O–H groups in total. The molecule has 0 bridgehead atoms. The van der Waals surface area contributed by atoms with Crippen molar-refractivity contribution in [1.82, 2.24) is 5.32 Å². The average Bonchev–Trinajstić information content (AvgIpc) is 2.64. The predicted octanol–water partition coefficient (Wildman–Crippen LogP) is 1.06. The molecular weight excluding hydrogens is 176 g/mol. The monoisotopic (exact) mass is 184 g/mol. The van der Waals surface area contributed by atoms with Crippen molar-refractivity contribution in [2.24, 2.45) is 15.4 Å². The summed E-state index contributed by atoms with van der Waals surface area (Å²) < 4.78 is 0. The van der Waals surface area contributed by atoms with E-state index in [1.807, 2.05) is 6.92 Å². The number of hydrogen-bond acceptors (Lipinski definition) is 4. The molecule has 2 heterocycles. The zero-order valence-electron chi connectivity index (χ0n) is 6.98. The van der Waals surface area contributed by atoms with Crippen LogP contribution in [0.25, 0.3) is 0 Å². The molecule has 13 heavy (non-hydrogen) atoms. The van der Waals surface area contributed by atoms with Crippen molar-refractivity contribution in [2.75, 3.05) is 6.61 Å². The zero-order valence-corrected chi connectivity index (χ0v) is 6.98. The van der Waals surface area contributed by atoms with Gasteiger partial charge in [0.05, 0.1) is 5.71 Å². The Hall–Kier alpha value is -1.79. The van der Waals surface area contributed by atoms with E-state index >= 15 is 0 Å². The molecule has 0 saturated carbocycles. The number of nitrogens with one attached hydrogen (secondary N) is 1. The molecule has 7 heteroatoms. The van der Waals surface area contributed by atoms with Crippen LogP contribution >= 0.6 is 0 Å². The fourth-order valence-electron chi connectivity index (χ4n) is 0.627. The van der Waals surface area contributed by atoms with Gasteiger partial charge in [-0.3, -0.25) is 5.32 Å². The van der Waals surface area contributed by atoms with Crippen LogP contribution < -0.4 is 5.32 Å². The average molecular weight is 184 g/mol. The van der Waals surface area contributed by atoms with Crippen molar-refractivity contribution in [1.29, 1.82) is 0 Å². The van der Waals surface area contributed by atoms with Gasteiger partial charge in [0.15, 0.2) is 0 Å². The molecule has 0 aliphatic carbocycles. The maximum Gasteiger partial charge on any atom is 0.367 e. The summed E-state index contributed by atoms with van der Waals surface area (Å²) in [5, 5.41) is 11.1. The van der Waals surface area contributed by atoms with Crippen molar-refractivity contribution < 1.29 is 14.4 Å². The second kappa shape index (κ2) is 4.29. The lowest BCUT2D eigenvalue weighted by Gasteiger charge is -1.76. The number of amides is 4. The summed E-state index contributed by atoms with van der Waals surface area (Å²) >= 11 is 0. The van der Waals surface area contributed by atoms with Crippen LogP contribution in [0.2, 0.25) is 0 Å². The van der Waals surface area contributed by atoms with Gasteiger partial charge in [-0.15, -0.1) is 0 Å². The molecule has 0 aromatic carbocycles. The lowest BCUT2D eigenvalue weighted by molar-refractivity contribution is 0.173. The maximum absolute atomic E-state index is 9.86. The first-order valence-electron chi connectivity index (χ1n) is 3.60. The Bertz CT molecular complexity index is 268. The molecule has 2 aliphatic heterocycles. The van der Waals surface area contributed by atoms with E-state index in [0.717, 1.165) is 18.7 Å². The molecule has 0 radical (unpaired) electrons. The summed E-state index contributed by atoms with van der Waals surface area (Å²) in [6, 6.07) is -1.38. The number of rotatable bonds is 0. The molecule has 7 nitrogen and oxygen atoms in total. The van der Waals surface area contributed by atoms with Crippen molar-refractivity contribution in [3.8, 4) is 0 Å². The molecular formula is C6H8N4O3. The van der Waals surface area contributed by atoms with Crippen LogP contribution in [0.4, 0.5) is 9.59 Å². The van der Waals surface area contributed by atoms with Crippen LogP contribution in [0.1, 0.15) is 13.3 Å². The van der Waals surface area contributed by atoms with E-state index in [2.05, 4.69) is 20.2 Å². The van der Waals surface area contributed by atoms with Crippen molar-refractivity contribution >= 4 is 17.8 Å². The molecule has 0 fully saturated rings. The van der Waals surface area contributed by atoms with Crippen LogP contribution in [0, 0.1) is 0 Å². The number of carbonyl (C=O) groups excluding carboxylic acids is 2. The van der Waals surface area contributed by atoms with E-state index < -0.39 is 12.1 Å². The second-order valence-electron chi connectivity index (χ2n) is 2.35. The Labute approximate surface area is 73.8 Å². The highest BCUT2D eigenvalue weighted by Crippen LogP contribution is 1.96. The summed E-state index contributed by atoms with van der Waals surface area (Å²) in [4.78, 5) is 24.4. The minimum atomic E-state index is -0.690. The van der Waals surface area contributed by atoms with Gasteiger partial charge >= 0.3 is 12.1 Å². The van der Waals surface area contributed by atoms with E-state index in [9.17, 15) is 9.59 Å². The van der Waals surface area contributed by atoms with Crippen molar-refractivity contribution in [2.45, 2.75) is 13.3 Å². The first-order valence-corrected chi connectivity index (χ1v) is 3.60. The van der Waals surface area contributed by atoms with E-state index in [1.165, 1.54) is 0 Å². The van der Waals surface area contributed by atoms with Gasteiger partial charge in [0.25, 0.3) is 0 Å². The van der Waals surface area contributed by atoms with Crippen molar-refractivity contribution in [3.63, 3.8) is 0 Å². The van der Waals surface area contributed by atoms with Gasteiger partial charge in [0.2, 0.25) is 0 Å². The van der Waals surface area contributed by atoms with Gasteiger partial charge < -0.3 is 4.84 Å². The standard InChI is InChI=1S/C4H7NO.C2HN3O2/c1-4-2-3-6-5-4;6-1-3-2(7)5-4-1/h2-3H2,1H3;(H,3,6,7). The molecule has 0 atom stereocenters. The molecule has 0 unspecified atom stereocenters. The number of carbonyl (C=O) groups is 2. The van der Waals surface area contributed by atoms with E-state index in [0.29, 0.717) is 0 Å². The third-order valence-electron chi connectivity index (χ3n) is 1.22. The van der Waals surface area contributed by atoms with Gasteiger partial charge in [-0.25, -0.2) is 9.59 Å². The highest BCUT2D eigenvalue weighted by atomic mass is 16.6. The predicted molar refractivity (Wildman–Crippen MR) is 42.5 cm³/mol. The molecule has 0 aromatic rings. The van der Waals surface area contributed by atoms with Gasteiger partial charge in [-0.2, -0.15) is 0 Å². The summed E-state index contributed by atoms with van der Waals surface area (Å²) in [5.41, 5.74) is 1.11. The molecule has 0 saturated heterocycles. The topological polar surface area (TPSA) is 92.5 Å². The van der Waals surface area contributed by atoms with E-state index in [4.69, 9.17) is 0 Å². The molecule has 70 valence electrons. The summed E-state index contributed by atoms with van der Waals surface area (Å²) in [6.45, 7) is 2.75. The molecule has 0 aromatic heterocycles. The lowest BCUT2D eigenvalue weighted by Crippen LogP contribution is -2.17. The summed E-state index contributed by atoms with van der Waals surface area (Å²) in [5.74, 6) is 0. The van der Waals surface area contributed by atoms with Crippen LogP contribution in [0.3, 0.4) is 0 Å². The molecule has 2 rings (SSSR count). The third-order valence-corrected chi connectivity index (χ3v) is 1.22. The quantitative estimate of drug-likeness (QED) is 0.610. The Kier molecular flexibility index (Phi) is 3.07. The molecule has 4 amide bonds. The number of urea groups is 2. The van der Waals surface area contributed by atoms with Gasteiger partial charge in [-0.1, -0.05) is 15.4 Å². The number of imide groups is 1. The maximum atomic E-state index is 9.86. The van der Waals surface area contributed by atoms with Crippen LogP contribution in [0.15, 0.2) is 15.4 Å². The Morgan fingerprint density at radius 2 is 1.92 bits per heavy atom. The highest BCUT2D eigenvalue weighted by molar-refractivity contribution is 5.98. The van der Waals surface area contributed by atoms with Crippen LogP contribution in [0.5, 0.6) is 0 Å². The molecule has 2 aliphatic rings. The van der Waals surface area contributed by atoms with E-state index in [-0.39, 0.29) is 0 Å². The van der Waals surface area contributed by atoms with E-state index in [1.54, 1.807) is 5.32 Å². The minimum absolute atomic E-state index is 0.690. The SMILES string of the molecule is CC1=NOCC1.O=C1N=NC(=O)N1. The zero-order chi connectivity index (χ0) is 9.68. The van der Waals surface area contributed by atoms with Crippen LogP contribution in [-0.4, -0.2) is 24.4 Å². The summed E-state index contributed by atoms with van der Waals surface area (Å²) in [6.07, 6.45) is 1.01. The van der Waals surface area contributed by atoms with Gasteiger partial charge in [0.1, 0.15) is 6.61 Å². The fourth-order valence-corrected chi connectivity index (χ4v) is 0.627. The number of nitrogens with zero attached hydrogens (tertiary/aromatic N) is 3. The summed E-state index contributed by atoms with van der Waals surface area (Å²) in [7, 11) is 0. The largest absolute Gasteiger partial charge is 0.395 e.